The molecule has 1 fully saturated rings. The monoisotopic (exact) mass is 611 g/mol. The summed E-state index contributed by atoms with van der Waals surface area (Å²) in [6.45, 7) is 0.244. The number of anilines is 1. The Labute approximate surface area is 250 Å². The maximum atomic E-state index is 12.8. The van der Waals surface area contributed by atoms with Crippen LogP contribution in [-0.2, 0) is 19.0 Å². The number of aliphatic hydroxyl groups excluding tert-OH is 2. The van der Waals surface area contributed by atoms with Gasteiger partial charge in [0, 0.05) is 27.5 Å². The molecule has 0 saturated carbocycles. The van der Waals surface area contributed by atoms with Crippen LogP contribution in [0.5, 0.6) is 0 Å². The Kier molecular flexibility index (Phi) is 11.4. The summed E-state index contributed by atoms with van der Waals surface area (Å²) in [5.41, 5.74) is -0.907. The molecule has 2 aromatic carbocycles. The molecule has 2 heterocycles. The van der Waals surface area contributed by atoms with Crippen LogP contribution in [0.3, 0.4) is 0 Å². The molecule has 3 N–H and O–H groups in total. The second-order valence-electron chi connectivity index (χ2n) is 8.89. The largest absolute Gasteiger partial charge is 0.465 e. The number of hydrogen-bond donors (Lipinski definition) is 3. The molecule has 1 aliphatic rings. The number of ether oxygens (including phenoxy) is 3. The third-order valence-electron chi connectivity index (χ3n) is 5.99. The van der Waals surface area contributed by atoms with Gasteiger partial charge in [0.25, 0.3) is 0 Å². The molecule has 0 aliphatic carbocycles. The topological polar surface area (TPSA) is 149 Å². The van der Waals surface area contributed by atoms with Gasteiger partial charge in [-0.15, -0.1) is 29.9 Å². The van der Waals surface area contributed by atoms with E-state index in [1.54, 1.807) is 0 Å². The summed E-state index contributed by atoms with van der Waals surface area (Å²) in [6.07, 6.45) is -0.0265. The molecule has 0 bridgehead atoms. The molecule has 3 aromatic rings. The molecular weight excluding hydrogens is 582 g/mol. The van der Waals surface area contributed by atoms with Crippen LogP contribution in [-0.4, -0.2) is 74.9 Å². The summed E-state index contributed by atoms with van der Waals surface area (Å²) in [6, 6.07) is 19.2. The first-order chi connectivity index (χ1) is 20.4. The number of thioether (sulfide) groups is 2. The Balaban J connectivity index is 1.29. The molecule has 42 heavy (non-hydrogen) atoms. The van der Waals surface area contributed by atoms with E-state index in [4.69, 9.17) is 20.6 Å². The average molecular weight is 612 g/mol. The van der Waals surface area contributed by atoms with Crippen molar-refractivity contribution in [2.45, 2.75) is 40.8 Å². The van der Waals surface area contributed by atoms with E-state index < -0.39 is 42.3 Å². The Hall–Kier alpha value is -3.80. The van der Waals surface area contributed by atoms with Gasteiger partial charge in [0.15, 0.2) is 12.0 Å². The molecule has 0 radical (unpaired) electrons. The van der Waals surface area contributed by atoms with Gasteiger partial charge in [-0.3, -0.25) is 14.7 Å². The summed E-state index contributed by atoms with van der Waals surface area (Å²) in [5, 5.41) is 23.4. The minimum atomic E-state index is -1.56. The second kappa shape index (κ2) is 15.4. The van der Waals surface area contributed by atoms with Crippen molar-refractivity contribution in [1.82, 2.24) is 9.55 Å². The van der Waals surface area contributed by atoms with Crippen molar-refractivity contribution in [3.63, 3.8) is 0 Å². The van der Waals surface area contributed by atoms with Crippen LogP contribution < -0.4 is 11.0 Å². The number of rotatable bonds is 12. The van der Waals surface area contributed by atoms with E-state index >= 15 is 0 Å². The first kappa shape index (κ1) is 31.1. The molecule has 11 nitrogen and oxygen atoms in total. The fraction of sp³-hybridized carbons (Fsp3) is 0.310. The number of nitrogens with one attached hydrogen (secondary N) is 1. The highest BCUT2D eigenvalue weighted by atomic mass is 32.2. The first-order valence-electron chi connectivity index (χ1n) is 12.9. The van der Waals surface area contributed by atoms with Crippen LogP contribution in [0, 0.1) is 12.3 Å². The molecule has 220 valence electrons. The minimum absolute atomic E-state index is 0.00859. The van der Waals surface area contributed by atoms with Crippen LogP contribution in [0.1, 0.15) is 18.2 Å². The van der Waals surface area contributed by atoms with Gasteiger partial charge < -0.3 is 24.4 Å². The number of aliphatic hydroxyl groups is 2. The Morgan fingerprint density at radius 2 is 1.57 bits per heavy atom. The van der Waals surface area contributed by atoms with Gasteiger partial charge in [-0.25, -0.2) is 9.59 Å². The maximum Gasteiger partial charge on any atom is 0.412 e. The van der Waals surface area contributed by atoms with Crippen molar-refractivity contribution in [3.8, 4) is 12.3 Å². The molecule has 13 heteroatoms. The molecule has 1 aromatic heterocycles. The summed E-state index contributed by atoms with van der Waals surface area (Å²) < 4.78 is 16.9. The van der Waals surface area contributed by atoms with Gasteiger partial charge in [-0.1, -0.05) is 42.3 Å². The maximum absolute atomic E-state index is 12.8. The quantitative estimate of drug-likeness (QED) is 0.120. The number of benzene rings is 2. The molecule has 1 amide bonds. The molecule has 0 unspecified atom stereocenters. The van der Waals surface area contributed by atoms with Gasteiger partial charge in [-0.2, -0.15) is 4.98 Å². The SMILES string of the molecule is C#Cc1cn([C@@H]2O[C@H](CC(=O)OCCSc3ccccc3)[C@@H](O)[C@H]2O)c(=O)nc1NC(=O)OCCSc1ccccc1. The van der Waals surface area contributed by atoms with Crippen molar-refractivity contribution in [1.29, 1.82) is 0 Å². The van der Waals surface area contributed by atoms with E-state index in [1.807, 2.05) is 60.7 Å². The van der Waals surface area contributed by atoms with Crippen LogP contribution >= 0.6 is 23.5 Å². The lowest BCUT2D eigenvalue weighted by molar-refractivity contribution is -0.147. The number of hydrogen-bond acceptors (Lipinski definition) is 11. The molecule has 1 saturated heterocycles. The average Bonchev–Trinajstić information content (AvgIpc) is 3.27. The number of carbonyl (C=O) groups is 2. The zero-order valence-corrected chi connectivity index (χ0v) is 24.0. The van der Waals surface area contributed by atoms with Crippen LogP contribution in [0.2, 0.25) is 0 Å². The van der Waals surface area contributed by atoms with Crippen molar-refractivity contribution in [3.05, 3.63) is 82.9 Å². The Morgan fingerprint density at radius 3 is 2.17 bits per heavy atom. The molecular formula is C29H29N3O8S2. The summed E-state index contributed by atoms with van der Waals surface area (Å²) in [4.78, 5) is 43.2. The molecule has 4 atom stereocenters. The number of esters is 1. The van der Waals surface area contributed by atoms with E-state index in [2.05, 4.69) is 16.2 Å². The molecule has 4 rings (SSSR count). The van der Waals surface area contributed by atoms with Gasteiger partial charge in [0.2, 0.25) is 0 Å². The van der Waals surface area contributed by atoms with Crippen molar-refractivity contribution >= 4 is 41.4 Å². The Morgan fingerprint density at radius 1 is 0.976 bits per heavy atom. The number of terminal acetylenes is 1. The summed E-state index contributed by atoms with van der Waals surface area (Å²) in [7, 11) is 0. The van der Waals surface area contributed by atoms with Crippen LogP contribution in [0.25, 0.3) is 0 Å². The van der Waals surface area contributed by atoms with E-state index in [9.17, 15) is 24.6 Å². The van der Waals surface area contributed by atoms with Gasteiger partial charge >= 0.3 is 17.8 Å². The smallest absolute Gasteiger partial charge is 0.412 e. The fourth-order valence-corrected chi connectivity index (χ4v) is 5.48. The highest BCUT2D eigenvalue weighted by molar-refractivity contribution is 7.99. The van der Waals surface area contributed by atoms with Crippen molar-refractivity contribution in [2.75, 3.05) is 30.0 Å². The summed E-state index contributed by atoms with van der Waals surface area (Å²) >= 11 is 3.03. The standard InChI is InChI=1S/C29H29N3O8S2/c1-2-19-18-32(28(36)30-26(19)31-29(37)39-14-16-42-21-11-7-4-8-12-21)27-25(35)24(34)22(40-27)17-23(33)38-13-15-41-20-9-5-3-6-10-20/h1,3-12,18,22,24-25,27,34-35H,13-17H2,(H,30,31,36,37)/t22-,24-,25-,27-/m1/s1. The molecule has 0 spiro atoms. The van der Waals surface area contributed by atoms with Gasteiger partial charge in [0.1, 0.15) is 25.4 Å². The lowest BCUT2D eigenvalue weighted by Gasteiger charge is -2.18. The zero-order valence-electron chi connectivity index (χ0n) is 22.3. The van der Waals surface area contributed by atoms with Crippen LogP contribution in [0.4, 0.5) is 10.6 Å². The first-order valence-corrected chi connectivity index (χ1v) is 14.9. The predicted molar refractivity (Wildman–Crippen MR) is 157 cm³/mol. The highest BCUT2D eigenvalue weighted by Gasteiger charge is 2.45. The number of aromatic nitrogens is 2. The second-order valence-corrected chi connectivity index (χ2v) is 11.2. The van der Waals surface area contributed by atoms with E-state index in [-0.39, 0.29) is 31.0 Å². The highest BCUT2D eigenvalue weighted by Crippen LogP contribution is 2.31. The Bertz CT molecular complexity index is 1450. The lowest BCUT2D eigenvalue weighted by atomic mass is 10.1. The normalized spacial score (nSPS) is 19.5. The van der Waals surface area contributed by atoms with Gasteiger partial charge in [0.05, 0.1) is 18.1 Å². The van der Waals surface area contributed by atoms with Crippen LogP contribution in [0.15, 0.2) is 81.4 Å². The lowest BCUT2D eigenvalue weighted by Crippen LogP contribution is -2.36. The van der Waals surface area contributed by atoms with E-state index in [0.717, 1.165) is 20.6 Å². The summed E-state index contributed by atoms with van der Waals surface area (Å²) in [5.74, 6) is 2.52. The van der Waals surface area contributed by atoms with E-state index in [1.165, 1.54) is 23.5 Å². The van der Waals surface area contributed by atoms with Crippen molar-refractivity contribution in [2.24, 2.45) is 0 Å². The number of nitrogens with zero attached hydrogens (tertiary/aromatic N) is 2. The van der Waals surface area contributed by atoms with Gasteiger partial charge in [-0.05, 0) is 24.3 Å². The number of carbonyl (C=O) groups excluding carboxylic acids is 2. The third-order valence-corrected chi connectivity index (χ3v) is 7.95. The number of amides is 1. The fourth-order valence-electron chi connectivity index (χ4n) is 3.98. The molecule has 1 aliphatic heterocycles. The van der Waals surface area contributed by atoms with E-state index in [0.29, 0.717) is 11.5 Å². The van der Waals surface area contributed by atoms with Crippen molar-refractivity contribution < 1.29 is 34.0 Å². The third kappa shape index (κ3) is 8.60. The predicted octanol–water partition coefficient (Wildman–Crippen LogP) is 2.91. The minimum Gasteiger partial charge on any atom is -0.465 e. The zero-order chi connectivity index (χ0) is 29.9.